The average molecular weight is 294 g/mol. The summed E-state index contributed by atoms with van der Waals surface area (Å²) in [4.78, 5) is 1.82. The van der Waals surface area contributed by atoms with Crippen molar-refractivity contribution in [3.63, 3.8) is 0 Å². The number of benzene rings is 2. The maximum atomic E-state index is 14.1. The molecule has 20 heavy (non-hydrogen) atoms. The first-order chi connectivity index (χ1) is 9.47. The second kappa shape index (κ2) is 6.25. The van der Waals surface area contributed by atoms with Gasteiger partial charge < -0.3 is 10.0 Å². The Morgan fingerprint density at radius 1 is 1.20 bits per heavy atom. The minimum atomic E-state index is -0.667. The van der Waals surface area contributed by atoms with Gasteiger partial charge in [0.2, 0.25) is 0 Å². The second-order valence-electron chi connectivity index (χ2n) is 4.87. The lowest BCUT2D eigenvalue weighted by Crippen LogP contribution is -2.17. The Bertz CT molecular complexity index is 584. The van der Waals surface area contributed by atoms with Crippen molar-refractivity contribution in [3.05, 3.63) is 64.4 Å². The van der Waals surface area contributed by atoms with Gasteiger partial charge in [-0.15, -0.1) is 0 Å². The molecule has 2 aromatic carbocycles. The van der Waals surface area contributed by atoms with Crippen LogP contribution in [0.25, 0.3) is 0 Å². The Hall–Kier alpha value is -1.58. The molecule has 0 spiro atoms. The Balaban J connectivity index is 2.16. The number of aliphatic hydroxyl groups is 1. The summed E-state index contributed by atoms with van der Waals surface area (Å²) in [7, 11) is 1.83. The zero-order chi connectivity index (χ0) is 14.7. The van der Waals surface area contributed by atoms with E-state index in [2.05, 4.69) is 0 Å². The molecule has 4 heteroatoms. The molecule has 0 unspecified atom stereocenters. The molecule has 0 saturated carbocycles. The fourth-order valence-corrected chi connectivity index (χ4v) is 2.17. The topological polar surface area (TPSA) is 23.5 Å². The van der Waals surface area contributed by atoms with Crippen LogP contribution in [0.2, 0.25) is 5.02 Å². The van der Waals surface area contributed by atoms with Gasteiger partial charge in [-0.3, -0.25) is 0 Å². The van der Waals surface area contributed by atoms with Gasteiger partial charge in [0.15, 0.2) is 0 Å². The summed E-state index contributed by atoms with van der Waals surface area (Å²) in [5.74, 6) is -0.333. The molecule has 2 nitrogen and oxygen atoms in total. The molecule has 0 aliphatic rings. The van der Waals surface area contributed by atoms with Crippen LogP contribution in [0.3, 0.4) is 0 Å². The van der Waals surface area contributed by atoms with E-state index in [4.69, 9.17) is 11.6 Å². The van der Waals surface area contributed by atoms with E-state index in [-0.39, 0.29) is 5.82 Å². The van der Waals surface area contributed by atoms with Crippen LogP contribution in [0.4, 0.5) is 10.1 Å². The third kappa shape index (κ3) is 3.50. The molecule has 0 aromatic heterocycles. The van der Waals surface area contributed by atoms with Crippen LogP contribution < -0.4 is 4.90 Å². The maximum absolute atomic E-state index is 14.1. The average Bonchev–Trinajstić information content (AvgIpc) is 2.41. The fraction of sp³-hybridized carbons (Fsp3) is 0.250. The van der Waals surface area contributed by atoms with Crippen molar-refractivity contribution in [1.29, 1.82) is 0 Å². The first-order valence-electron chi connectivity index (χ1n) is 6.40. The summed E-state index contributed by atoms with van der Waals surface area (Å²) in [6.07, 6.45) is -0.667. The van der Waals surface area contributed by atoms with Crippen LogP contribution >= 0.6 is 11.6 Å². The Morgan fingerprint density at radius 2 is 1.85 bits per heavy atom. The Labute approximate surface area is 123 Å². The zero-order valence-electron chi connectivity index (χ0n) is 11.5. The molecule has 0 heterocycles. The molecule has 0 aliphatic carbocycles. The molecule has 0 fully saturated rings. The van der Waals surface area contributed by atoms with E-state index >= 15 is 0 Å². The molecule has 1 N–H and O–H groups in total. The summed E-state index contributed by atoms with van der Waals surface area (Å²) in [6.45, 7) is 2.20. The quantitative estimate of drug-likeness (QED) is 0.914. The number of rotatable bonds is 4. The van der Waals surface area contributed by atoms with Gasteiger partial charge in [-0.2, -0.15) is 0 Å². The summed E-state index contributed by atoms with van der Waals surface area (Å²) in [5, 5.41) is 10.1. The third-order valence-corrected chi connectivity index (χ3v) is 3.45. The number of nitrogens with zero attached hydrogens (tertiary/aromatic N) is 1. The predicted molar refractivity (Wildman–Crippen MR) is 80.6 cm³/mol. The van der Waals surface area contributed by atoms with Crippen LogP contribution in [-0.2, 0) is 6.54 Å². The monoisotopic (exact) mass is 293 g/mol. The van der Waals surface area contributed by atoms with Gasteiger partial charge in [0, 0.05) is 18.6 Å². The molecule has 0 aliphatic heterocycles. The summed E-state index contributed by atoms with van der Waals surface area (Å²) in [5.41, 5.74) is 2.13. The van der Waals surface area contributed by atoms with Gasteiger partial charge in [-0.1, -0.05) is 29.8 Å². The van der Waals surface area contributed by atoms with E-state index in [1.807, 2.05) is 36.2 Å². The highest BCUT2D eigenvalue weighted by Gasteiger charge is 2.11. The van der Waals surface area contributed by atoms with Crippen molar-refractivity contribution in [2.45, 2.75) is 19.6 Å². The Kier molecular flexibility index (Phi) is 4.63. The Morgan fingerprint density at radius 3 is 2.40 bits per heavy atom. The lowest BCUT2D eigenvalue weighted by Gasteiger charge is -2.21. The van der Waals surface area contributed by atoms with Gasteiger partial charge in [-0.05, 0) is 42.3 Å². The number of anilines is 1. The van der Waals surface area contributed by atoms with E-state index in [1.165, 1.54) is 6.07 Å². The standard InChI is InChI=1S/C16H17ClFNO/c1-11(20)13-5-8-16(15(18)9-13)19(2)10-12-3-6-14(17)7-4-12/h3-9,11,20H,10H2,1-2H3/t11-/m1/s1. The van der Waals surface area contributed by atoms with E-state index < -0.39 is 6.10 Å². The van der Waals surface area contributed by atoms with Crippen LogP contribution in [0.1, 0.15) is 24.2 Å². The minimum Gasteiger partial charge on any atom is -0.389 e. The lowest BCUT2D eigenvalue weighted by molar-refractivity contribution is 0.199. The van der Waals surface area contributed by atoms with Gasteiger partial charge in [-0.25, -0.2) is 4.39 Å². The smallest absolute Gasteiger partial charge is 0.146 e. The number of aliphatic hydroxyl groups excluding tert-OH is 1. The van der Waals surface area contributed by atoms with Crippen LogP contribution in [0.15, 0.2) is 42.5 Å². The number of hydrogen-bond donors (Lipinski definition) is 1. The van der Waals surface area contributed by atoms with Crippen LogP contribution in [0, 0.1) is 5.82 Å². The summed E-state index contributed by atoms with van der Waals surface area (Å²) < 4.78 is 14.1. The van der Waals surface area contributed by atoms with E-state index in [9.17, 15) is 9.50 Å². The predicted octanol–water partition coefficient (Wildman–Crippen LogP) is 4.17. The van der Waals surface area contributed by atoms with Gasteiger partial charge in [0.25, 0.3) is 0 Å². The van der Waals surface area contributed by atoms with Crippen molar-refractivity contribution >= 4 is 17.3 Å². The highest BCUT2D eigenvalue weighted by molar-refractivity contribution is 6.30. The molecule has 2 aromatic rings. The summed E-state index contributed by atoms with van der Waals surface area (Å²) >= 11 is 5.84. The molecule has 2 rings (SSSR count). The van der Waals surface area contributed by atoms with Crippen molar-refractivity contribution in [2.75, 3.05) is 11.9 Å². The zero-order valence-corrected chi connectivity index (χ0v) is 12.2. The fourth-order valence-electron chi connectivity index (χ4n) is 2.04. The largest absolute Gasteiger partial charge is 0.389 e. The highest BCUT2D eigenvalue weighted by Crippen LogP contribution is 2.24. The highest BCUT2D eigenvalue weighted by atomic mass is 35.5. The third-order valence-electron chi connectivity index (χ3n) is 3.20. The molecule has 1 atom stereocenters. The molecule has 0 bridgehead atoms. The van der Waals surface area contributed by atoms with E-state index in [1.54, 1.807) is 19.1 Å². The molecule has 0 saturated heterocycles. The van der Waals surface area contributed by atoms with Crippen molar-refractivity contribution in [1.82, 2.24) is 0 Å². The SMILES string of the molecule is C[C@@H](O)c1ccc(N(C)Cc2ccc(Cl)cc2)c(F)c1. The maximum Gasteiger partial charge on any atom is 0.146 e. The van der Waals surface area contributed by atoms with E-state index in [0.29, 0.717) is 22.8 Å². The first kappa shape index (κ1) is 14.8. The molecular formula is C16H17ClFNO. The van der Waals surface area contributed by atoms with Crippen molar-refractivity contribution in [2.24, 2.45) is 0 Å². The number of halogens is 2. The van der Waals surface area contributed by atoms with Gasteiger partial charge in [0.05, 0.1) is 11.8 Å². The lowest BCUT2D eigenvalue weighted by atomic mass is 10.1. The number of hydrogen-bond acceptors (Lipinski definition) is 2. The molecule has 0 radical (unpaired) electrons. The molecular weight excluding hydrogens is 277 g/mol. The minimum absolute atomic E-state index is 0.333. The molecule has 0 amide bonds. The van der Waals surface area contributed by atoms with Crippen molar-refractivity contribution in [3.8, 4) is 0 Å². The summed E-state index contributed by atoms with van der Waals surface area (Å²) in [6, 6.07) is 12.3. The second-order valence-corrected chi connectivity index (χ2v) is 5.31. The first-order valence-corrected chi connectivity index (χ1v) is 6.78. The van der Waals surface area contributed by atoms with Crippen LogP contribution in [0.5, 0.6) is 0 Å². The normalized spacial score (nSPS) is 12.2. The van der Waals surface area contributed by atoms with Gasteiger partial charge >= 0.3 is 0 Å². The van der Waals surface area contributed by atoms with Crippen molar-refractivity contribution < 1.29 is 9.50 Å². The molecule has 106 valence electrons. The van der Waals surface area contributed by atoms with Gasteiger partial charge in [0.1, 0.15) is 5.82 Å². The van der Waals surface area contributed by atoms with Crippen LogP contribution in [-0.4, -0.2) is 12.2 Å². The van der Waals surface area contributed by atoms with E-state index in [0.717, 1.165) is 5.56 Å².